The highest BCUT2D eigenvalue weighted by atomic mass is 16.5. The minimum absolute atomic E-state index is 0.0621. The first kappa shape index (κ1) is 36.3. The van der Waals surface area contributed by atoms with Crippen molar-refractivity contribution in [3.05, 3.63) is 205 Å². The van der Waals surface area contributed by atoms with Gasteiger partial charge in [0.25, 0.3) is 0 Å². The lowest BCUT2D eigenvalue weighted by molar-refractivity contribution is 0.483. The molecule has 0 amide bonds. The molecule has 10 bridgehead atoms. The van der Waals surface area contributed by atoms with Crippen molar-refractivity contribution in [2.45, 2.75) is 52.4 Å². The molecule has 2 aliphatic rings. The lowest BCUT2D eigenvalue weighted by Gasteiger charge is -2.31. The summed E-state index contributed by atoms with van der Waals surface area (Å²) in [4.78, 5) is 10.2. The zero-order valence-corrected chi connectivity index (χ0v) is 38.6. The topological polar surface area (TPSA) is 33.5 Å². The Bertz CT molecular complexity index is 3820. The van der Waals surface area contributed by atoms with Crippen molar-refractivity contribution >= 4 is 44.6 Å². The molecule has 12 rings (SSSR count). The Balaban J connectivity index is 1.17. The Hall–Kier alpha value is -7.89. The Kier molecular flexibility index (Phi) is 8.33. The van der Waals surface area contributed by atoms with Gasteiger partial charge >= 0.3 is 0 Å². The summed E-state index contributed by atoms with van der Waals surface area (Å²) in [7, 11) is 0. The number of fused-ring (bicyclic) bond motifs is 23. The van der Waals surface area contributed by atoms with E-state index in [0.29, 0.717) is 45.8 Å². The van der Waals surface area contributed by atoms with Crippen LogP contribution in [0.25, 0.3) is 72.3 Å². The maximum atomic E-state index is 9.24. The van der Waals surface area contributed by atoms with Crippen molar-refractivity contribution in [3.8, 4) is 62.0 Å². The van der Waals surface area contributed by atoms with Gasteiger partial charge in [-0.05, 0) is 117 Å². The van der Waals surface area contributed by atoms with E-state index in [1.807, 2.05) is 53.1 Å². The molecule has 0 N–H and O–H groups in total. The summed E-state index contributed by atoms with van der Waals surface area (Å²) in [5, 5.41) is 1.10. The molecule has 8 aromatic carbocycles. The van der Waals surface area contributed by atoms with Crippen molar-refractivity contribution in [3.63, 3.8) is 0 Å². The quantitative estimate of drug-likeness (QED) is 0.165. The normalized spacial score (nSPS) is 14.1. The number of ether oxygens (including phenoxy) is 1. The van der Waals surface area contributed by atoms with E-state index < -0.39 is 0 Å². The third kappa shape index (κ3) is 6.96. The molecule has 0 fully saturated rings. The highest BCUT2D eigenvalue weighted by Gasteiger charge is 2.33. The van der Waals surface area contributed by atoms with Crippen molar-refractivity contribution < 1.29 is 10.2 Å². The van der Waals surface area contributed by atoms with Crippen molar-refractivity contribution in [1.29, 1.82) is 0 Å². The Morgan fingerprint density at radius 1 is 0.493 bits per heavy atom. The zero-order chi connectivity index (χ0) is 49.1. The Morgan fingerprint density at radius 3 is 1.99 bits per heavy atom. The van der Waals surface area contributed by atoms with Crippen molar-refractivity contribution in [2.75, 3.05) is 16.5 Å². The minimum Gasteiger partial charge on any atom is -0.457 e. The number of pyridine rings is 1. The average Bonchev–Trinajstić information content (AvgIpc) is 3.93. The van der Waals surface area contributed by atoms with Gasteiger partial charge in [-0.15, -0.1) is 0 Å². The van der Waals surface area contributed by atoms with Crippen LogP contribution in [0.3, 0.4) is 0 Å². The number of nitrogens with zero attached hydrogens (tertiary/aromatic N) is 4. The molecule has 10 aromatic rings. The third-order valence-corrected chi connectivity index (χ3v) is 13.4. The first-order chi connectivity index (χ1) is 34.1. The molecular weight excluding hydrogens is 817 g/mol. The van der Waals surface area contributed by atoms with Crippen LogP contribution in [-0.2, 0) is 10.8 Å². The first-order valence-electron chi connectivity index (χ1n) is 25.1. The number of rotatable bonds is 1. The van der Waals surface area contributed by atoms with Crippen LogP contribution in [0, 0.1) is 0 Å². The van der Waals surface area contributed by atoms with Gasteiger partial charge in [0.1, 0.15) is 24.0 Å². The van der Waals surface area contributed by atoms with Crippen LogP contribution in [0.5, 0.6) is 11.5 Å². The molecule has 0 unspecified atom stereocenters. The maximum Gasteiger partial charge on any atom is 0.138 e. The number of benzene rings is 8. The average molecular weight is 873 g/mol. The van der Waals surface area contributed by atoms with Gasteiger partial charge in [-0.3, -0.25) is 4.57 Å². The van der Waals surface area contributed by atoms with Gasteiger partial charge in [-0.1, -0.05) is 151 Å². The summed E-state index contributed by atoms with van der Waals surface area (Å²) >= 11 is 0. The highest BCUT2D eigenvalue weighted by Crippen LogP contribution is 2.53. The van der Waals surface area contributed by atoms with E-state index in [2.05, 4.69) is 173 Å². The van der Waals surface area contributed by atoms with Crippen LogP contribution in [-0.4, -0.2) is 16.2 Å². The first-order valence-corrected chi connectivity index (χ1v) is 23.1. The van der Waals surface area contributed by atoms with Gasteiger partial charge < -0.3 is 14.5 Å². The van der Waals surface area contributed by atoms with Gasteiger partial charge in [0.2, 0.25) is 0 Å². The molecule has 0 atom stereocenters. The maximum absolute atomic E-state index is 9.24. The van der Waals surface area contributed by atoms with E-state index in [0.717, 1.165) is 67.4 Å². The standard InChI is InChI=1S/C62H52N4O/c1-61(2,3)43-20-14-18-41(34-43)52-35-44(62(4,5)6)36-53-49-24-8-7-23-48(49)40-17-13-19-42(33-40)54-26-16-30-59(63-54)66-55-27-10-9-25-50(55)51-32-31-47(38-58(51)66)67-46-22-15-21-45(37-46)64-39-65(60(52)53)57-29-12-11-28-56(57)64/h7-38H,39H2,1-6H3/i9D,10D,25D,27D. The van der Waals surface area contributed by atoms with E-state index in [1.54, 1.807) is 0 Å². The molecule has 67 heavy (non-hydrogen) atoms. The minimum atomic E-state index is -0.302. The highest BCUT2D eigenvalue weighted by molar-refractivity contribution is 6.09. The fourth-order valence-corrected chi connectivity index (χ4v) is 9.94. The fraction of sp³-hybridized carbons (Fsp3) is 0.145. The summed E-state index contributed by atoms with van der Waals surface area (Å²) in [6, 6.07) is 58.8. The number of hydrogen-bond donors (Lipinski definition) is 0. The molecule has 2 aliphatic heterocycles. The lowest BCUT2D eigenvalue weighted by Crippen LogP contribution is -2.25. The Labute approximate surface area is 398 Å². The van der Waals surface area contributed by atoms with E-state index in [-0.39, 0.29) is 35.0 Å². The van der Waals surface area contributed by atoms with Crippen LogP contribution < -0.4 is 14.5 Å². The van der Waals surface area contributed by atoms with Gasteiger partial charge in [-0.2, -0.15) is 0 Å². The second kappa shape index (κ2) is 15.4. The third-order valence-electron chi connectivity index (χ3n) is 13.4. The molecule has 5 heteroatoms. The second-order valence-electron chi connectivity index (χ2n) is 19.8. The molecule has 0 radical (unpaired) electrons. The molecule has 4 heterocycles. The number of anilines is 4. The molecule has 0 saturated carbocycles. The van der Waals surface area contributed by atoms with Crippen molar-refractivity contribution in [2.24, 2.45) is 0 Å². The summed E-state index contributed by atoms with van der Waals surface area (Å²) in [6.45, 7) is 14.2. The summed E-state index contributed by atoms with van der Waals surface area (Å²) in [5.74, 6) is 1.71. The van der Waals surface area contributed by atoms with Gasteiger partial charge in [0, 0.05) is 45.3 Å². The number of para-hydroxylation sites is 3. The zero-order valence-electron chi connectivity index (χ0n) is 42.6. The van der Waals surface area contributed by atoms with Gasteiger partial charge in [-0.25, -0.2) is 4.98 Å². The largest absolute Gasteiger partial charge is 0.457 e. The van der Waals surface area contributed by atoms with Gasteiger partial charge in [0.15, 0.2) is 0 Å². The van der Waals surface area contributed by atoms with E-state index >= 15 is 0 Å². The summed E-state index contributed by atoms with van der Waals surface area (Å²) < 4.78 is 44.4. The molecule has 0 spiro atoms. The molecule has 5 nitrogen and oxygen atoms in total. The summed E-state index contributed by atoms with van der Waals surface area (Å²) in [6.07, 6.45) is 0. The molecule has 0 aliphatic carbocycles. The molecular formula is C62H52N4O. The van der Waals surface area contributed by atoms with Crippen LogP contribution in [0.1, 0.15) is 58.2 Å². The van der Waals surface area contributed by atoms with Crippen molar-refractivity contribution in [1.82, 2.24) is 9.55 Å². The predicted octanol–water partition coefficient (Wildman–Crippen LogP) is 16.8. The lowest BCUT2D eigenvalue weighted by atomic mass is 9.80. The predicted molar refractivity (Wildman–Crippen MR) is 280 cm³/mol. The van der Waals surface area contributed by atoms with Crippen LogP contribution in [0.4, 0.5) is 22.7 Å². The van der Waals surface area contributed by atoms with Crippen LogP contribution in [0.2, 0.25) is 0 Å². The molecule has 326 valence electrons. The van der Waals surface area contributed by atoms with E-state index in [9.17, 15) is 1.37 Å². The number of aromatic nitrogens is 2. The molecule has 2 aromatic heterocycles. The SMILES string of the molecule is [2H]c1c([2H])c([2H])c2c(c1[2H])c1ccc3cc1n2-c1cccc(n1)-c1cccc(c1)-c1ccccc1-c1cc(C(C)(C)C)cc(-c2cccc(C(C)(C)C)c2)c1N1CN(c2cccc(c2)O3)c2ccccc21. The van der Waals surface area contributed by atoms with E-state index in [4.69, 9.17) is 13.8 Å². The number of hydrogen-bond acceptors (Lipinski definition) is 4. The Morgan fingerprint density at radius 2 is 1.16 bits per heavy atom. The second-order valence-corrected chi connectivity index (χ2v) is 19.8. The monoisotopic (exact) mass is 872 g/mol. The fourth-order valence-electron chi connectivity index (χ4n) is 9.94. The van der Waals surface area contributed by atoms with E-state index in [1.165, 1.54) is 11.1 Å². The van der Waals surface area contributed by atoms with Gasteiger partial charge in [0.05, 0.1) is 39.3 Å². The molecule has 0 saturated heterocycles. The van der Waals surface area contributed by atoms with Crippen LogP contribution in [0.15, 0.2) is 194 Å². The van der Waals surface area contributed by atoms with Crippen LogP contribution >= 0.6 is 0 Å². The smallest absolute Gasteiger partial charge is 0.138 e. The summed E-state index contributed by atoms with van der Waals surface area (Å²) in [5.41, 5.74) is 15.8.